The first-order chi connectivity index (χ1) is 9.15. The molecule has 20 heavy (non-hydrogen) atoms. The van der Waals surface area contributed by atoms with Crippen LogP contribution in [0.25, 0.3) is 0 Å². The van der Waals surface area contributed by atoms with Gasteiger partial charge in [0.05, 0.1) is 6.10 Å². The van der Waals surface area contributed by atoms with E-state index in [0.29, 0.717) is 0 Å². The zero-order valence-electron chi connectivity index (χ0n) is 14.3. The monoisotopic (exact) mass is 292 g/mol. The van der Waals surface area contributed by atoms with Gasteiger partial charge in [0.25, 0.3) is 0 Å². The summed E-state index contributed by atoms with van der Waals surface area (Å²) in [6.07, 6.45) is 9.44. The minimum atomic E-state index is -1.56. The van der Waals surface area contributed by atoms with Crippen molar-refractivity contribution in [3.05, 3.63) is 48.1 Å². The Bertz CT molecular complexity index is 379. The van der Waals surface area contributed by atoms with Gasteiger partial charge in [-0.2, -0.15) is 0 Å². The molecule has 0 aromatic heterocycles. The lowest BCUT2D eigenvalue weighted by molar-refractivity contribution is 0.229. The van der Waals surface area contributed by atoms with Crippen LogP contribution in [0.1, 0.15) is 40.0 Å². The Morgan fingerprint density at radius 3 is 2.20 bits per heavy atom. The van der Waals surface area contributed by atoms with Gasteiger partial charge in [0, 0.05) is 0 Å². The van der Waals surface area contributed by atoms with E-state index in [-0.39, 0.29) is 6.10 Å². The van der Waals surface area contributed by atoms with Crippen molar-refractivity contribution in [1.82, 2.24) is 0 Å². The van der Waals surface area contributed by atoms with Crippen LogP contribution in [-0.4, -0.2) is 14.4 Å². The third kappa shape index (κ3) is 9.99. The van der Waals surface area contributed by atoms with Crippen molar-refractivity contribution in [2.45, 2.75) is 65.8 Å². The lowest BCUT2D eigenvalue weighted by atomic mass is 10.0. The van der Waals surface area contributed by atoms with Gasteiger partial charge in [-0.3, -0.25) is 0 Å². The fraction of sp³-hybridized carbons (Fsp3) is 0.556. The van der Waals surface area contributed by atoms with E-state index in [1.807, 2.05) is 6.08 Å². The molecule has 114 valence electrons. The summed E-state index contributed by atoms with van der Waals surface area (Å²) in [4.78, 5) is 0. The fourth-order valence-electron chi connectivity index (χ4n) is 1.81. The van der Waals surface area contributed by atoms with E-state index < -0.39 is 8.32 Å². The zero-order valence-corrected chi connectivity index (χ0v) is 15.3. The first-order valence-corrected chi connectivity index (χ1v) is 10.8. The van der Waals surface area contributed by atoms with Crippen LogP contribution < -0.4 is 0 Å². The largest absolute Gasteiger partial charge is 0.411 e. The fourth-order valence-corrected chi connectivity index (χ4v) is 2.92. The van der Waals surface area contributed by atoms with Crippen molar-refractivity contribution < 1.29 is 4.43 Å². The molecule has 1 atom stereocenters. The van der Waals surface area contributed by atoms with Crippen LogP contribution in [0.2, 0.25) is 19.6 Å². The molecule has 0 saturated carbocycles. The Morgan fingerprint density at radius 2 is 1.75 bits per heavy atom. The molecule has 1 unspecified atom stereocenters. The van der Waals surface area contributed by atoms with Crippen LogP contribution >= 0.6 is 0 Å². The highest BCUT2D eigenvalue weighted by molar-refractivity contribution is 6.69. The van der Waals surface area contributed by atoms with Crippen molar-refractivity contribution in [1.29, 1.82) is 0 Å². The molecule has 0 heterocycles. The van der Waals surface area contributed by atoms with Crippen LogP contribution in [0.5, 0.6) is 0 Å². The molecule has 1 nitrogen and oxygen atoms in total. The third-order valence-corrected chi connectivity index (χ3v) is 3.94. The molecule has 0 saturated heterocycles. The number of hydrogen-bond acceptors (Lipinski definition) is 1. The van der Waals surface area contributed by atoms with E-state index in [1.54, 1.807) is 0 Å². The van der Waals surface area contributed by atoms with Gasteiger partial charge >= 0.3 is 0 Å². The summed E-state index contributed by atoms with van der Waals surface area (Å²) in [7, 11) is -1.56. The molecule has 0 spiro atoms. The third-order valence-electron chi connectivity index (χ3n) is 2.95. The molecular formula is C18H32OSi. The summed E-state index contributed by atoms with van der Waals surface area (Å²) < 4.78 is 6.29. The normalized spacial score (nSPS) is 13.8. The van der Waals surface area contributed by atoms with Gasteiger partial charge in [-0.05, 0) is 65.2 Å². The van der Waals surface area contributed by atoms with E-state index >= 15 is 0 Å². The zero-order chi connectivity index (χ0) is 15.8. The smallest absolute Gasteiger partial charge is 0.184 e. The lowest BCUT2D eigenvalue weighted by Gasteiger charge is -2.27. The Morgan fingerprint density at radius 1 is 1.15 bits per heavy atom. The molecule has 0 aliphatic carbocycles. The van der Waals surface area contributed by atoms with E-state index in [2.05, 4.69) is 65.7 Å². The highest BCUT2D eigenvalue weighted by Crippen LogP contribution is 2.21. The Hall–Kier alpha value is -0.863. The van der Waals surface area contributed by atoms with Gasteiger partial charge in [-0.15, -0.1) is 0 Å². The van der Waals surface area contributed by atoms with Crippen LogP contribution in [0.4, 0.5) is 0 Å². The van der Waals surface area contributed by atoms with E-state index in [4.69, 9.17) is 4.43 Å². The highest BCUT2D eigenvalue weighted by Gasteiger charge is 2.22. The van der Waals surface area contributed by atoms with E-state index in [1.165, 1.54) is 16.7 Å². The molecular weight excluding hydrogens is 260 g/mol. The first kappa shape index (κ1) is 19.1. The molecule has 0 aromatic rings. The average molecular weight is 293 g/mol. The van der Waals surface area contributed by atoms with Gasteiger partial charge in [0.2, 0.25) is 0 Å². The van der Waals surface area contributed by atoms with Gasteiger partial charge < -0.3 is 4.43 Å². The highest BCUT2D eigenvalue weighted by atomic mass is 28.4. The standard InChI is InChI=1S/C18H32OSi/c1-9-16(4)13-14-18(19-20(6,7)8)17(5)12-10-11-15(2)3/h9,11,13,18H,1,5,10,12,14H2,2-4,6-8H3/b16-13+. The van der Waals surface area contributed by atoms with E-state index in [0.717, 1.165) is 19.3 Å². The lowest BCUT2D eigenvalue weighted by Crippen LogP contribution is -2.32. The first-order valence-electron chi connectivity index (χ1n) is 7.43. The summed E-state index contributed by atoms with van der Waals surface area (Å²) in [6, 6.07) is 0. The maximum atomic E-state index is 6.29. The van der Waals surface area contributed by atoms with Crippen molar-refractivity contribution in [3.8, 4) is 0 Å². The molecule has 2 heteroatoms. The van der Waals surface area contributed by atoms with E-state index in [9.17, 15) is 0 Å². The topological polar surface area (TPSA) is 9.23 Å². The van der Waals surface area contributed by atoms with Crippen molar-refractivity contribution >= 4 is 8.32 Å². The molecule has 0 aliphatic rings. The Balaban J connectivity index is 4.70. The van der Waals surface area contributed by atoms with Crippen LogP contribution in [0, 0.1) is 0 Å². The molecule has 0 aliphatic heterocycles. The Kier molecular flexibility index (Phi) is 8.75. The molecule has 0 aromatic carbocycles. The number of hydrogen-bond donors (Lipinski definition) is 0. The summed E-state index contributed by atoms with van der Waals surface area (Å²) in [5.41, 5.74) is 3.77. The maximum absolute atomic E-state index is 6.29. The predicted molar refractivity (Wildman–Crippen MR) is 94.6 cm³/mol. The minimum Gasteiger partial charge on any atom is -0.411 e. The summed E-state index contributed by atoms with van der Waals surface area (Å²) in [6.45, 7) is 21.1. The van der Waals surface area contributed by atoms with Crippen molar-refractivity contribution in [2.24, 2.45) is 0 Å². The quantitative estimate of drug-likeness (QED) is 0.286. The average Bonchev–Trinajstić information content (AvgIpc) is 2.31. The van der Waals surface area contributed by atoms with Gasteiger partial charge in [0.1, 0.15) is 0 Å². The van der Waals surface area contributed by atoms with Gasteiger partial charge in [-0.25, -0.2) is 0 Å². The van der Waals surface area contributed by atoms with Crippen molar-refractivity contribution in [3.63, 3.8) is 0 Å². The summed E-state index contributed by atoms with van der Waals surface area (Å²) >= 11 is 0. The number of rotatable bonds is 9. The molecule has 0 fully saturated rings. The second kappa shape index (κ2) is 9.14. The minimum absolute atomic E-state index is 0.141. The number of allylic oxidation sites excluding steroid dienone is 4. The van der Waals surface area contributed by atoms with Gasteiger partial charge in [-0.1, -0.05) is 42.5 Å². The molecule has 0 radical (unpaired) electrons. The second-order valence-electron chi connectivity index (χ2n) is 6.59. The second-order valence-corrected chi connectivity index (χ2v) is 11.0. The van der Waals surface area contributed by atoms with Gasteiger partial charge in [0.15, 0.2) is 8.32 Å². The maximum Gasteiger partial charge on any atom is 0.184 e. The van der Waals surface area contributed by atoms with Crippen LogP contribution in [0.15, 0.2) is 48.1 Å². The summed E-state index contributed by atoms with van der Waals surface area (Å²) in [5.74, 6) is 0. The predicted octanol–water partition coefficient (Wildman–Crippen LogP) is 6.03. The van der Waals surface area contributed by atoms with Crippen LogP contribution in [0.3, 0.4) is 0 Å². The van der Waals surface area contributed by atoms with Crippen LogP contribution in [-0.2, 0) is 4.43 Å². The van der Waals surface area contributed by atoms with Crippen molar-refractivity contribution in [2.75, 3.05) is 0 Å². The Labute approximate surface area is 127 Å². The molecule has 0 rings (SSSR count). The molecule has 0 N–H and O–H groups in total. The summed E-state index contributed by atoms with van der Waals surface area (Å²) in [5, 5.41) is 0. The molecule has 0 amide bonds. The molecule has 0 bridgehead atoms. The SMILES string of the molecule is C=C/C(C)=C/CC(O[Si](C)(C)C)C(=C)CCC=C(C)C.